The molecule has 0 radical (unpaired) electrons. The van der Waals surface area contributed by atoms with Crippen LogP contribution in [0.3, 0.4) is 0 Å². The second-order valence-electron chi connectivity index (χ2n) is 5.90. The van der Waals surface area contributed by atoms with Crippen molar-refractivity contribution >= 4 is 17.8 Å². The van der Waals surface area contributed by atoms with Crippen molar-refractivity contribution in [2.45, 2.75) is 25.3 Å². The maximum atomic E-state index is 14.2. The number of methoxy groups -OCH3 is 1. The van der Waals surface area contributed by atoms with E-state index in [-0.39, 0.29) is 25.0 Å². The van der Waals surface area contributed by atoms with Crippen LogP contribution in [0.1, 0.15) is 30.9 Å². The highest BCUT2D eigenvalue weighted by Gasteiger charge is 2.21. The minimum Gasteiger partial charge on any atom is -0.481 e. The highest BCUT2D eigenvalue weighted by molar-refractivity contribution is 5.81. The molecule has 0 aliphatic carbocycles. The van der Waals surface area contributed by atoms with Gasteiger partial charge >= 0.3 is 11.9 Å². The standard InChI is InChI=1S/C20H20FNO6/c1-27-20(26)12-16(22-18(23)9-10-19(24)25)13-7-8-15(21)17(11-13)28-14-5-3-2-4-6-14/h2-8,11,16H,9-10,12H2,1H3,(H,22,23)(H,24,25). The van der Waals surface area contributed by atoms with Gasteiger partial charge in [0.1, 0.15) is 5.75 Å². The van der Waals surface area contributed by atoms with Gasteiger partial charge < -0.3 is 19.9 Å². The Morgan fingerprint density at radius 2 is 1.82 bits per heavy atom. The summed E-state index contributed by atoms with van der Waals surface area (Å²) < 4.78 is 24.3. The maximum Gasteiger partial charge on any atom is 0.307 e. The fourth-order valence-electron chi connectivity index (χ4n) is 2.42. The number of carboxylic acids is 1. The predicted octanol–water partition coefficient (Wildman–Crippen LogP) is 3.20. The van der Waals surface area contributed by atoms with Crippen molar-refractivity contribution in [1.82, 2.24) is 5.32 Å². The molecule has 8 heteroatoms. The molecule has 0 saturated heterocycles. The van der Waals surface area contributed by atoms with E-state index in [0.717, 1.165) is 0 Å². The number of carbonyl (C=O) groups is 3. The van der Waals surface area contributed by atoms with Crippen LogP contribution < -0.4 is 10.1 Å². The summed E-state index contributed by atoms with van der Waals surface area (Å²) >= 11 is 0. The van der Waals surface area contributed by atoms with Crippen LogP contribution in [-0.2, 0) is 19.1 Å². The molecule has 2 N–H and O–H groups in total. The molecule has 7 nitrogen and oxygen atoms in total. The number of ether oxygens (including phenoxy) is 2. The van der Waals surface area contributed by atoms with E-state index in [1.807, 2.05) is 0 Å². The minimum absolute atomic E-state index is 0.0710. The zero-order chi connectivity index (χ0) is 20.5. The number of nitrogens with one attached hydrogen (secondary N) is 1. The summed E-state index contributed by atoms with van der Waals surface area (Å²) in [5.41, 5.74) is 0.418. The number of esters is 1. The Bertz CT molecular complexity index is 840. The van der Waals surface area contributed by atoms with Crippen LogP contribution in [0.4, 0.5) is 4.39 Å². The summed E-state index contributed by atoms with van der Waals surface area (Å²) in [5, 5.41) is 11.3. The van der Waals surface area contributed by atoms with E-state index in [9.17, 15) is 18.8 Å². The molecule has 0 heterocycles. The minimum atomic E-state index is -1.11. The molecule has 0 aliphatic rings. The van der Waals surface area contributed by atoms with Crippen molar-refractivity contribution in [3.05, 3.63) is 59.9 Å². The predicted molar refractivity (Wildman–Crippen MR) is 97.3 cm³/mol. The molecule has 1 unspecified atom stereocenters. The third-order valence-electron chi connectivity index (χ3n) is 3.83. The molecule has 0 bridgehead atoms. The Labute approximate surface area is 161 Å². The van der Waals surface area contributed by atoms with E-state index in [1.54, 1.807) is 30.3 Å². The SMILES string of the molecule is COC(=O)CC(NC(=O)CCC(=O)O)c1ccc(F)c(Oc2ccccc2)c1. The molecule has 2 rings (SSSR count). The quantitative estimate of drug-likeness (QED) is 0.639. The molecule has 1 atom stereocenters. The van der Waals surface area contributed by atoms with Gasteiger partial charge in [-0.3, -0.25) is 14.4 Å². The number of aliphatic carboxylic acids is 1. The van der Waals surface area contributed by atoms with Gasteiger partial charge in [-0.05, 0) is 29.8 Å². The lowest BCUT2D eigenvalue weighted by Gasteiger charge is -2.19. The summed E-state index contributed by atoms with van der Waals surface area (Å²) in [7, 11) is 1.21. The molecule has 2 aromatic carbocycles. The van der Waals surface area contributed by atoms with E-state index in [2.05, 4.69) is 10.1 Å². The van der Waals surface area contributed by atoms with Gasteiger partial charge in [0, 0.05) is 6.42 Å². The lowest BCUT2D eigenvalue weighted by atomic mass is 10.0. The second-order valence-corrected chi connectivity index (χ2v) is 5.90. The summed E-state index contributed by atoms with van der Waals surface area (Å²) in [6.45, 7) is 0. The number of para-hydroxylation sites is 1. The lowest BCUT2D eigenvalue weighted by molar-refractivity contribution is -0.142. The van der Waals surface area contributed by atoms with E-state index in [0.29, 0.717) is 11.3 Å². The lowest BCUT2D eigenvalue weighted by Crippen LogP contribution is -2.30. The van der Waals surface area contributed by atoms with Crippen LogP contribution in [0.25, 0.3) is 0 Å². The molecule has 0 fully saturated rings. The van der Waals surface area contributed by atoms with Crippen molar-refractivity contribution < 1.29 is 33.4 Å². The summed E-state index contributed by atoms with van der Waals surface area (Å²) in [4.78, 5) is 34.4. The van der Waals surface area contributed by atoms with E-state index in [4.69, 9.17) is 9.84 Å². The highest BCUT2D eigenvalue weighted by Crippen LogP contribution is 2.29. The van der Waals surface area contributed by atoms with Crippen LogP contribution in [0.15, 0.2) is 48.5 Å². The van der Waals surface area contributed by atoms with E-state index < -0.39 is 29.7 Å². The normalized spacial score (nSPS) is 11.4. The first-order chi connectivity index (χ1) is 13.4. The molecule has 0 aromatic heterocycles. The highest BCUT2D eigenvalue weighted by atomic mass is 19.1. The third kappa shape index (κ3) is 6.39. The number of carbonyl (C=O) groups excluding carboxylic acids is 2. The number of rotatable bonds is 9. The number of halogens is 1. The zero-order valence-electron chi connectivity index (χ0n) is 15.2. The van der Waals surface area contributed by atoms with Crippen LogP contribution in [-0.4, -0.2) is 30.1 Å². The molecule has 0 spiro atoms. The van der Waals surface area contributed by atoms with Crippen molar-refractivity contribution in [3.8, 4) is 11.5 Å². The van der Waals surface area contributed by atoms with Gasteiger partial charge in [-0.1, -0.05) is 24.3 Å². The van der Waals surface area contributed by atoms with Crippen molar-refractivity contribution in [1.29, 1.82) is 0 Å². The number of benzene rings is 2. The van der Waals surface area contributed by atoms with Gasteiger partial charge in [-0.25, -0.2) is 4.39 Å². The average Bonchev–Trinajstić information content (AvgIpc) is 2.68. The first-order valence-corrected chi connectivity index (χ1v) is 8.49. The molecule has 1 amide bonds. The largest absolute Gasteiger partial charge is 0.481 e. The maximum absolute atomic E-state index is 14.2. The van der Waals surface area contributed by atoms with Crippen LogP contribution in [0.5, 0.6) is 11.5 Å². The Balaban J connectivity index is 2.23. The number of hydrogen-bond donors (Lipinski definition) is 2. The number of amides is 1. The van der Waals surface area contributed by atoms with Crippen LogP contribution >= 0.6 is 0 Å². The van der Waals surface area contributed by atoms with Crippen molar-refractivity contribution in [2.24, 2.45) is 0 Å². The van der Waals surface area contributed by atoms with Crippen LogP contribution in [0.2, 0.25) is 0 Å². The Hall–Kier alpha value is -3.42. The second kappa shape index (κ2) is 10.1. The number of hydrogen-bond acceptors (Lipinski definition) is 5. The molecule has 2 aromatic rings. The van der Waals surface area contributed by atoms with Crippen molar-refractivity contribution in [2.75, 3.05) is 7.11 Å². The van der Waals surface area contributed by atoms with Gasteiger partial charge in [-0.2, -0.15) is 0 Å². The Morgan fingerprint density at radius 1 is 1.11 bits per heavy atom. The van der Waals surface area contributed by atoms with Crippen molar-refractivity contribution in [3.63, 3.8) is 0 Å². The molecular formula is C20H20FNO6. The topological polar surface area (TPSA) is 102 Å². The van der Waals surface area contributed by atoms with Gasteiger partial charge in [0.25, 0.3) is 0 Å². The third-order valence-corrected chi connectivity index (χ3v) is 3.83. The first kappa shape index (κ1) is 20.9. The first-order valence-electron chi connectivity index (χ1n) is 8.49. The van der Waals surface area contributed by atoms with Crippen LogP contribution in [0, 0.1) is 5.82 Å². The molecule has 0 aliphatic heterocycles. The fourth-order valence-corrected chi connectivity index (χ4v) is 2.42. The van der Waals surface area contributed by atoms with Gasteiger partial charge in [0.2, 0.25) is 5.91 Å². The fraction of sp³-hybridized carbons (Fsp3) is 0.250. The van der Waals surface area contributed by atoms with Gasteiger partial charge in [0.05, 0.1) is 26.0 Å². The Morgan fingerprint density at radius 3 is 2.46 bits per heavy atom. The smallest absolute Gasteiger partial charge is 0.307 e. The molecule has 28 heavy (non-hydrogen) atoms. The molecule has 0 saturated carbocycles. The summed E-state index contributed by atoms with van der Waals surface area (Å²) in [6, 6.07) is 11.7. The molecule has 148 valence electrons. The van der Waals surface area contributed by atoms with E-state index in [1.165, 1.54) is 25.3 Å². The van der Waals surface area contributed by atoms with Gasteiger partial charge in [-0.15, -0.1) is 0 Å². The zero-order valence-corrected chi connectivity index (χ0v) is 15.2. The number of carboxylic acid groups (broad SMARTS) is 1. The average molecular weight is 389 g/mol. The van der Waals surface area contributed by atoms with E-state index >= 15 is 0 Å². The summed E-state index contributed by atoms with van der Waals surface area (Å²) in [6.07, 6.45) is -0.796. The summed E-state index contributed by atoms with van der Waals surface area (Å²) in [5.74, 6) is -2.50. The Kier molecular flexibility index (Phi) is 7.50. The monoisotopic (exact) mass is 389 g/mol. The molecular weight excluding hydrogens is 369 g/mol. The van der Waals surface area contributed by atoms with Gasteiger partial charge in [0.15, 0.2) is 11.6 Å².